The van der Waals surface area contributed by atoms with Crippen molar-refractivity contribution in [3.63, 3.8) is 0 Å². The van der Waals surface area contributed by atoms with Crippen molar-refractivity contribution in [1.82, 2.24) is 5.32 Å². The van der Waals surface area contributed by atoms with Crippen molar-refractivity contribution >= 4 is 18.2 Å². The number of nitrogens with two attached hydrogens (primary N) is 1. The average Bonchev–Trinajstić information content (AvgIpc) is 2.86. The Kier molecular flexibility index (Phi) is 12.6. The minimum atomic E-state index is -0.745. The van der Waals surface area contributed by atoms with Crippen LogP contribution in [0.3, 0.4) is 0 Å². The van der Waals surface area contributed by atoms with Crippen LogP contribution in [-0.2, 0) is 16.0 Å². The number of nitrogens with one attached hydrogen (secondary N) is 1. The Bertz CT molecular complexity index is 1050. The van der Waals surface area contributed by atoms with Crippen LogP contribution in [0.2, 0.25) is 0 Å². The molecule has 0 fully saturated rings. The molecule has 3 rings (SSSR count). The van der Waals surface area contributed by atoms with Crippen molar-refractivity contribution in [2.45, 2.75) is 39.2 Å². The van der Waals surface area contributed by atoms with E-state index in [-0.39, 0.29) is 30.2 Å². The lowest BCUT2D eigenvalue weighted by Gasteiger charge is -2.26. The maximum absolute atomic E-state index is 12.7. The third-order valence-corrected chi connectivity index (χ3v) is 4.68. The Balaban J connectivity index is 0.000000296. The number of aliphatic carboxylic acids is 1. The first-order chi connectivity index (χ1) is 16.6. The summed E-state index contributed by atoms with van der Waals surface area (Å²) in [6.07, 6.45) is 1.72. The molecule has 3 aromatic rings. The number of carbonyl (C=O) groups excluding carboxylic acids is 2. The van der Waals surface area contributed by atoms with Crippen molar-refractivity contribution < 1.29 is 23.9 Å². The Morgan fingerprint density at radius 3 is 1.91 bits per heavy atom. The molecule has 6 nitrogen and oxygen atoms in total. The molecule has 3 aromatic carbocycles. The number of amides is 1. The summed E-state index contributed by atoms with van der Waals surface area (Å²) >= 11 is 0. The molecule has 7 heteroatoms. The van der Waals surface area contributed by atoms with Gasteiger partial charge in [-0.1, -0.05) is 73.7 Å². The number of carbonyl (C=O) groups is 3. The molecule has 0 bridgehead atoms. The smallest absolute Gasteiger partial charge is 0.303 e. The average molecular weight is 481 g/mol. The van der Waals surface area contributed by atoms with Gasteiger partial charge in [-0.3, -0.25) is 14.4 Å². The fourth-order valence-electron chi connectivity index (χ4n) is 2.97. The van der Waals surface area contributed by atoms with E-state index in [9.17, 15) is 18.8 Å². The fraction of sp³-hybridized carbons (Fsp3) is 0.250. The van der Waals surface area contributed by atoms with E-state index < -0.39 is 5.97 Å². The highest BCUT2D eigenvalue weighted by molar-refractivity contribution is 5.78. The van der Waals surface area contributed by atoms with Crippen LogP contribution in [0.5, 0.6) is 0 Å². The van der Waals surface area contributed by atoms with Gasteiger partial charge in [-0.15, -0.1) is 0 Å². The Labute approximate surface area is 206 Å². The molecule has 4 N–H and O–H groups in total. The Hall–Kier alpha value is -3.84. The highest BCUT2D eigenvalue weighted by atomic mass is 19.1. The van der Waals surface area contributed by atoms with Gasteiger partial charge in [0, 0.05) is 17.5 Å². The molecule has 0 aromatic heterocycles. The molecule has 0 aliphatic carbocycles. The second-order valence-electron chi connectivity index (χ2n) is 8.29. The molecule has 0 aliphatic rings. The molecule has 186 valence electrons. The number of benzene rings is 3. The molecule has 0 saturated carbocycles. The van der Waals surface area contributed by atoms with Crippen LogP contribution in [0, 0.1) is 5.82 Å². The number of aldehydes is 1. The van der Waals surface area contributed by atoms with E-state index >= 15 is 0 Å². The highest BCUT2D eigenvalue weighted by Gasteiger charge is 2.20. The van der Waals surface area contributed by atoms with Gasteiger partial charge in [0.1, 0.15) is 12.1 Å². The fourth-order valence-corrected chi connectivity index (χ4v) is 2.97. The number of halogens is 1. The topological polar surface area (TPSA) is 109 Å². The van der Waals surface area contributed by atoms with Crippen LogP contribution in [0.1, 0.15) is 43.1 Å². The number of hydrogen-bond donors (Lipinski definition) is 3. The van der Waals surface area contributed by atoms with Gasteiger partial charge >= 0.3 is 5.97 Å². The van der Waals surface area contributed by atoms with E-state index in [4.69, 9.17) is 10.8 Å². The molecule has 0 saturated heterocycles. The quantitative estimate of drug-likeness (QED) is 0.418. The number of carboxylic acids is 1. The first-order valence-corrected chi connectivity index (χ1v) is 11.2. The molecular formula is C28H33FN2O4. The SMILES string of the molecule is CC(C)(Cc1ccc(F)cc1)NC(=O)CN.CCC(=O)O.O=Cc1ccc(-c2ccccc2)cc1. The second kappa shape index (κ2) is 15.1. The lowest BCUT2D eigenvalue weighted by Crippen LogP contribution is -2.47. The van der Waals surface area contributed by atoms with E-state index in [1.165, 1.54) is 17.7 Å². The van der Waals surface area contributed by atoms with Crippen molar-refractivity contribution in [2.75, 3.05) is 6.54 Å². The molecule has 0 aliphatic heterocycles. The summed E-state index contributed by atoms with van der Waals surface area (Å²) in [6.45, 7) is 5.39. The van der Waals surface area contributed by atoms with Crippen molar-refractivity contribution in [3.8, 4) is 11.1 Å². The maximum Gasteiger partial charge on any atom is 0.303 e. The van der Waals surface area contributed by atoms with Crippen LogP contribution < -0.4 is 11.1 Å². The summed E-state index contributed by atoms with van der Waals surface area (Å²) in [6, 6.07) is 23.9. The van der Waals surface area contributed by atoms with Crippen LogP contribution in [-0.4, -0.2) is 35.4 Å². The molecule has 0 spiro atoms. The van der Waals surface area contributed by atoms with Gasteiger partial charge in [-0.2, -0.15) is 0 Å². The minimum Gasteiger partial charge on any atom is -0.481 e. The predicted octanol–water partition coefficient (Wildman–Crippen LogP) is 4.87. The van der Waals surface area contributed by atoms with E-state index in [2.05, 4.69) is 17.4 Å². The van der Waals surface area contributed by atoms with E-state index in [0.29, 0.717) is 12.0 Å². The lowest BCUT2D eigenvalue weighted by atomic mass is 9.95. The second-order valence-corrected chi connectivity index (χ2v) is 8.29. The third-order valence-electron chi connectivity index (χ3n) is 4.68. The van der Waals surface area contributed by atoms with Crippen molar-refractivity contribution in [3.05, 3.63) is 95.8 Å². The predicted molar refractivity (Wildman–Crippen MR) is 137 cm³/mol. The number of carboxylic acid groups (broad SMARTS) is 1. The first-order valence-electron chi connectivity index (χ1n) is 11.2. The van der Waals surface area contributed by atoms with Gasteiger partial charge in [0.05, 0.1) is 6.54 Å². The van der Waals surface area contributed by atoms with E-state index in [1.54, 1.807) is 19.1 Å². The van der Waals surface area contributed by atoms with Gasteiger partial charge < -0.3 is 16.2 Å². The van der Waals surface area contributed by atoms with Crippen LogP contribution in [0.4, 0.5) is 4.39 Å². The molecule has 0 unspecified atom stereocenters. The molecule has 0 atom stereocenters. The molecule has 35 heavy (non-hydrogen) atoms. The highest BCUT2D eigenvalue weighted by Crippen LogP contribution is 2.18. The standard InChI is InChI=1S/C13H10O.C12H17FN2O.C3H6O2/c14-10-11-6-8-13(9-7-11)12-4-2-1-3-5-12;1-12(2,15-11(16)8-14)7-9-3-5-10(13)6-4-9;1-2-3(4)5/h1-10H;3-6H,7-8,14H2,1-2H3,(H,15,16);2H2,1H3,(H,4,5). The molecule has 0 heterocycles. The number of rotatable bonds is 7. The van der Waals surface area contributed by atoms with E-state index in [1.807, 2.05) is 56.3 Å². The monoisotopic (exact) mass is 480 g/mol. The van der Waals surface area contributed by atoms with Gasteiger partial charge in [-0.25, -0.2) is 4.39 Å². The minimum absolute atomic E-state index is 0.0210. The van der Waals surface area contributed by atoms with Crippen LogP contribution in [0.25, 0.3) is 11.1 Å². The summed E-state index contributed by atoms with van der Waals surface area (Å²) in [5.74, 6) is -1.19. The van der Waals surface area contributed by atoms with Gasteiger partial charge in [0.15, 0.2) is 0 Å². The van der Waals surface area contributed by atoms with Crippen molar-refractivity contribution in [2.24, 2.45) is 5.73 Å². The summed E-state index contributed by atoms with van der Waals surface area (Å²) < 4.78 is 12.7. The first kappa shape index (κ1) is 29.2. The maximum atomic E-state index is 12.7. The summed E-state index contributed by atoms with van der Waals surface area (Å²) in [7, 11) is 0. The molecule has 1 amide bonds. The summed E-state index contributed by atoms with van der Waals surface area (Å²) in [4.78, 5) is 31.0. The normalized spacial score (nSPS) is 10.1. The van der Waals surface area contributed by atoms with Crippen LogP contribution >= 0.6 is 0 Å². The number of hydrogen-bond acceptors (Lipinski definition) is 4. The summed E-state index contributed by atoms with van der Waals surface area (Å²) in [5.41, 5.74) is 8.85. The zero-order valence-electron chi connectivity index (χ0n) is 20.3. The Morgan fingerprint density at radius 2 is 1.46 bits per heavy atom. The Morgan fingerprint density at radius 1 is 0.943 bits per heavy atom. The largest absolute Gasteiger partial charge is 0.481 e. The zero-order chi connectivity index (χ0) is 26.3. The summed E-state index contributed by atoms with van der Waals surface area (Å²) in [5, 5.41) is 10.5. The van der Waals surface area contributed by atoms with Gasteiger partial charge in [0.2, 0.25) is 5.91 Å². The van der Waals surface area contributed by atoms with Crippen LogP contribution in [0.15, 0.2) is 78.9 Å². The third kappa shape index (κ3) is 12.3. The van der Waals surface area contributed by atoms with Gasteiger partial charge in [-0.05, 0) is 49.1 Å². The van der Waals surface area contributed by atoms with Gasteiger partial charge in [0.25, 0.3) is 0 Å². The molecule has 0 radical (unpaired) electrons. The zero-order valence-corrected chi connectivity index (χ0v) is 20.3. The lowest BCUT2D eigenvalue weighted by molar-refractivity contribution is -0.136. The van der Waals surface area contributed by atoms with Crippen molar-refractivity contribution in [1.29, 1.82) is 0 Å². The molecular weight excluding hydrogens is 447 g/mol. The van der Waals surface area contributed by atoms with E-state index in [0.717, 1.165) is 17.4 Å².